The average molecular weight is 438 g/mol. The molecule has 0 aromatic rings. The van der Waals surface area contributed by atoms with Crippen molar-refractivity contribution in [1.82, 2.24) is 20.0 Å². The van der Waals surface area contributed by atoms with Crippen LogP contribution in [0.3, 0.4) is 0 Å². The molecule has 4 aliphatic rings. The van der Waals surface area contributed by atoms with Crippen molar-refractivity contribution in [2.24, 2.45) is 10.9 Å². The summed E-state index contributed by atoms with van der Waals surface area (Å²) in [6, 6.07) is 0. The van der Waals surface area contributed by atoms with Crippen molar-refractivity contribution < 1.29 is 4.74 Å². The van der Waals surface area contributed by atoms with E-state index in [-0.39, 0.29) is 0 Å². The predicted molar refractivity (Wildman–Crippen MR) is 128 cm³/mol. The Morgan fingerprint density at radius 1 is 1.07 bits per heavy atom. The Bertz CT molecular complexity index is 542. The maximum absolute atomic E-state index is 5.52. The number of thioether (sulfide) groups is 1. The van der Waals surface area contributed by atoms with Crippen LogP contribution in [0, 0.1) is 5.92 Å². The van der Waals surface area contributed by atoms with Crippen LogP contribution in [0.1, 0.15) is 45.4 Å². The molecule has 4 rings (SSSR count). The number of rotatable bonds is 6. The summed E-state index contributed by atoms with van der Waals surface area (Å²) in [6.45, 7) is 14.2. The van der Waals surface area contributed by atoms with Gasteiger partial charge in [-0.3, -0.25) is 14.8 Å². The fourth-order valence-corrected chi connectivity index (χ4v) is 6.70. The van der Waals surface area contributed by atoms with Gasteiger partial charge in [-0.05, 0) is 32.1 Å². The van der Waals surface area contributed by atoms with E-state index in [0.29, 0.717) is 5.54 Å². The largest absolute Gasteiger partial charge is 0.379 e. The molecule has 1 atom stereocenters. The van der Waals surface area contributed by atoms with E-state index < -0.39 is 0 Å². The fraction of sp³-hybridized carbons (Fsp3) is 0.957. The summed E-state index contributed by atoms with van der Waals surface area (Å²) in [4.78, 5) is 13.2. The number of hydrogen-bond donors (Lipinski definition) is 1. The first-order valence-corrected chi connectivity index (χ1v) is 13.6. The third-order valence-corrected chi connectivity index (χ3v) is 8.47. The minimum atomic E-state index is 0.312. The second-order valence-corrected chi connectivity index (χ2v) is 10.8. The van der Waals surface area contributed by atoms with Gasteiger partial charge in [-0.25, -0.2) is 0 Å². The van der Waals surface area contributed by atoms with Crippen LogP contribution in [0.2, 0.25) is 0 Å². The summed E-state index contributed by atoms with van der Waals surface area (Å²) >= 11 is 2.12. The Hall–Kier alpha value is -0.500. The predicted octanol–water partition coefficient (Wildman–Crippen LogP) is 2.36. The highest BCUT2D eigenvalue weighted by Gasteiger charge is 2.38. The molecule has 0 aromatic heterocycles. The summed E-state index contributed by atoms with van der Waals surface area (Å²) in [5.41, 5.74) is 0.312. The third kappa shape index (κ3) is 5.84. The first-order valence-electron chi connectivity index (χ1n) is 12.5. The topological polar surface area (TPSA) is 43.3 Å². The number of guanidine groups is 1. The van der Waals surface area contributed by atoms with Crippen molar-refractivity contribution in [2.75, 3.05) is 83.6 Å². The molecule has 1 aliphatic carbocycles. The summed E-state index contributed by atoms with van der Waals surface area (Å²) < 4.78 is 5.52. The molecular weight excluding hydrogens is 394 g/mol. The molecule has 4 fully saturated rings. The number of nitrogens with one attached hydrogen (secondary N) is 1. The molecule has 30 heavy (non-hydrogen) atoms. The Morgan fingerprint density at radius 3 is 2.57 bits per heavy atom. The number of nitrogens with zero attached hydrogens (tertiary/aromatic N) is 4. The average Bonchev–Trinajstić information content (AvgIpc) is 3.27. The Morgan fingerprint density at radius 2 is 1.83 bits per heavy atom. The van der Waals surface area contributed by atoms with Crippen LogP contribution in [-0.2, 0) is 4.74 Å². The van der Waals surface area contributed by atoms with E-state index in [2.05, 4.69) is 38.7 Å². The van der Waals surface area contributed by atoms with Crippen LogP contribution < -0.4 is 5.32 Å². The summed E-state index contributed by atoms with van der Waals surface area (Å²) in [7, 11) is 0. The molecule has 3 heterocycles. The molecule has 0 radical (unpaired) electrons. The van der Waals surface area contributed by atoms with Gasteiger partial charge in [-0.2, -0.15) is 11.8 Å². The quantitative estimate of drug-likeness (QED) is 0.508. The summed E-state index contributed by atoms with van der Waals surface area (Å²) in [6.07, 6.45) is 8.11. The van der Waals surface area contributed by atoms with Crippen molar-refractivity contribution in [2.45, 2.75) is 51.0 Å². The van der Waals surface area contributed by atoms with Gasteiger partial charge in [0.05, 0.1) is 19.8 Å². The zero-order chi connectivity index (χ0) is 20.7. The van der Waals surface area contributed by atoms with E-state index in [9.17, 15) is 0 Å². The molecule has 0 bridgehead atoms. The molecule has 0 spiro atoms. The molecule has 0 aromatic carbocycles. The van der Waals surface area contributed by atoms with Crippen LogP contribution in [0.25, 0.3) is 0 Å². The number of likely N-dealkylation sites (tertiary alicyclic amines) is 1. The molecule has 1 N–H and O–H groups in total. The molecule has 7 heteroatoms. The summed E-state index contributed by atoms with van der Waals surface area (Å²) in [5.74, 6) is 4.51. The lowest BCUT2D eigenvalue weighted by atomic mass is 9.80. The Kier molecular flexibility index (Phi) is 8.61. The highest BCUT2D eigenvalue weighted by Crippen LogP contribution is 2.35. The van der Waals surface area contributed by atoms with Gasteiger partial charge >= 0.3 is 0 Å². The Balaban J connectivity index is 1.38. The Labute approximate surface area is 188 Å². The number of aliphatic imine (C=N–C) groups is 1. The van der Waals surface area contributed by atoms with Crippen LogP contribution in [0.5, 0.6) is 0 Å². The molecular formula is C23H43N5OS. The van der Waals surface area contributed by atoms with Gasteiger partial charge in [-0.1, -0.05) is 19.3 Å². The molecule has 3 aliphatic heterocycles. The minimum absolute atomic E-state index is 0.312. The van der Waals surface area contributed by atoms with E-state index in [0.717, 1.165) is 58.4 Å². The second kappa shape index (κ2) is 11.4. The highest BCUT2D eigenvalue weighted by molar-refractivity contribution is 7.99. The van der Waals surface area contributed by atoms with Crippen molar-refractivity contribution in [3.63, 3.8) is 0 Å². The maximum Gasteiger partial charge on any atom is 0.193 e. The van der Waals surface area contributed by atoms with Crippen LogP contribution >= 0.6 is 11.8 Å². The molecule has 0 amide bonds. The molecule has 1 saturated carbocycles. The van der Waals surface area contributed by atoms with Gasteiger partial charge in [0.2, 0.25) is 0 Å². The fourth-order valence-electron chi connectivity index (χ4n) is 5.79. The van der Waals surface area contributed by atoms with E-state index in [1.807, 2.05) is 0 Å². The van der Waals surface area contributed by atoms with E-state index in [1.165, 1.54) is 75.6 Å². The highest BCUT2D eigenvalue weighted by atomic mass is 32.2. The van der Waals surface area contributed by atoms with Crippen molar-refractivity contribution in [3.05, 3.63) is 0 Å². The SMILES string of the molecule is CCNC(=NCC1(N2CCSCC2)CCCCC1)N1CCC(CN2CCOCC2)C1. The van der Waals surface area contributed by atoms with E-state index in [1.54, 1.807) is 0 Å². The maximum atomic E-state index is 5.52. The van der Waals surface area contributed by atoms with Gasteiger partial charge < -0.3 is 15.0 Å². The van der Waals surface area contributed by atoms with Crippen molar-refractivity contribution in [3.8, 4) is 0 Å². The number of hydrogen-bond acceptors (Lipinski definition) is 5. The smallest absolute Gasteiger partial charge is 0.193 e. The molecule has 6 nitrogen and oxygen atoms in total. The molecule has 1 unspecified atom stereocenters. The van der Waals surface area contributed by atoms with Crippen molar-refractivity contribution >= 4 is 17.7 Å². The first-order chi connectivity index (χ1) is 14.8. The lowest BCUT2D eigenvalue weighted by molar-refractivity contribution is 0.0315. The lowest BCUT2D eigenvalue weighted by Crippen LogP contribution is -2.55. The number of morpholine rings is 1. The first kappa shape index (κ1) is 22.7. The zero-order valence-electron chi connectivity index (χ0n) is 19.1. The van der Waals surface area contributed by atoms with Crippen LogP contribution in [0.15, 0.2) is 4.99 Å². The number of ether oxygens (including phenoxy) is 1. The van der Waals surface area contributed by atoms with Crippen LogP contribution in [0.4, 0.5) is 0 Å². The van der Waals surface area contributed by atoms with Crippen molar-refractivity contribution in [1.29, 1.82) is 0 Å². The van der Waals surface area contributed by atoms with E-state index >= 15 is 0 Å². The second-order valence-electron chi connectivity index (χ2n) is 9.57. The third-order valence-electron chi connectivity index (χ3n) is 7.53. The van der Waals surface area contributed by atoms with Gasteiger partial charge in [0.1, 0.15) is 0 Å². The minimum Gasteiger partial charge on any atom is -0.379 e. The zero-order valence-corrected chi connectivity index (χ0v) is 19.9. The summed E-state index contributed by atoms with van der Waals surface area (Å²) in [5, 5.41) is 3.63. The normalized spacial score (nSPS) is 29.3. The molecule has 172 valence electrons. The van der Waals surface area contributed by atoms with Crippen LogP contribution in [-0.4, -0.2) is 110 Å². The van der Waals surface area contributed by atoms with Gasteiger partial charge in [0.15, 0.2) is 5.96 Å². The van der Waals surface area contributed by atoms with Gasteiger partial charge in [0.25, 0.3) is 0 Å². The van der Waals surface area contributed by atoms with E-state index in [4.69, 9.17) is 9.73 Å². The molecule has 3 saturated heterocycles. The van der Waals surface area contributed by atoms with Gasteiger partial charge in [-0.15, -0.1) is 0 Å². The van der Waals surface area contributed by atoms with Gasteiger partial charge in [0, 0.05) is 69.4 Å². The standard InChI is InChI=1S/C23H43N5OS/c1-2-24-22(27-9-6-21(19-27)18-26-10-14-29-15-11-26)25-20-23(7-4-3-5-8-23)28-12-16-30-17-13-28/h21H,2-20H2,1H3,(H,24,25). The lowest BCUT2D eigenvalue weighted by Gasteiger charge is -2.47. The monoisotopic (exact) mass is 437 g/mol.